The Labute approximate surface area is 402 Å². The number of Topliss-reactive ketones (excluding diaryl/α,β-unsaturated/α-hetero) is 2. The van der Waals surface area contributed by atoms with Crippen LogP contribution >= 0.6 is 0 Å². The normalized spacial score (nSPS) is 43.2. The summed E-state index contributed by atoms with van der Waals surface area (Å²) in [6, 6.07) is 0. The summed E-state index contributed by atoms with van der Waals surface area (Å²) in [5.74, 6) is 6.79. The van der Waals surface area contributed by atoms with E-state index < -0.39 is 5.79 Å². The van der Waals surface area contributed by atoms with Crippen molar-refractivity contribution in [1.82, 2.24) is 0 Å². The molecule has 0 N–H and O–H groups in total. The molecule has 0 unspecified atom stereocenters. The second-order valence-electron chi connectivity index (χ2n) is 26.3. The van der Waals surface area contributed by atoms with Crippen molar-refractivity contribution in [1.29, 1.82) is 0 Å². The number of carbonyl (C=O) groups is 2. The van der Waals surface area contributed by atoms with Gasteiger partial charge in [0.25, 0.3) is 0 Å². The maximum absolute atomic E-state index is 11.6. The fourth-order valence-corrected chi connectivity index (χ4v) is 18.0. The van der Waals surface area contributed by atoms with E-state index in [4.69, 9.17) is 25.5 Å². The second kappa shape index (κ2) is 18.1. The van der Waals surface area contributed by atoms with Crippen LogP contribution in [0.2, 0.25) is 0 Å². The van der Waals surface area contributed by atoms with Crippen molar-refractivity contribution in [3.63, 3.8) is 0 Å². The molecule has 6 nitrogen and oxygen atoms in total. The summed E-state index contributed by atoms with van der Waals surface area (Å²) < 4.78 is 25.1. The van der Waals surface area contributed by atoms with Gasteiger partial charge in [0.2, 0.25) is 0 Å². The Morgan fingerprint density at radius 1 is 0.576 bits per heavy atom. The van der Waals surface area contributed by atoms with E-state index in [1.165, 1.54) is 74.5 Å². The third-order valence-electron chi connectivity index (χ3n) is 21.9. The summed E-state index contributed by atoms with van der Waals surface area (Å²) in [7, 11) is 0. The van der Waals surface area contributed by atoms with Crippen LogP contribution in [-0.2, 0) is 28.5 Å². The van der Waals surface area contributed by atoms with Crippen molar-refractivity contribution in [2.75, 3.05) is 26.4 Å². The first kappa shape index (κ1) is 50.5. The van der Waals surface area contributed by atoms with Gasteiger partial charge in [-0.15, -0.1) is 0 Å². The van der Waals surface area contributed by atoms with E-state index >= 15 is 0 Å². The van der Waals surface area contributed by atoms with E-state index in [-0.39, 0.29) is 29.5 Å². The van der Waals surface area contributed by atoms with Gasteiger partial charge in [-0.05, 0) is 172 Å². The van der Waals surface area contributed by atoms with E-state index in [9.17, 15) is 9.59 Å². The molecule has 370 valence electrons. The Hall–Kier alpha value is -1.86. The van der Waals surface area contributed by atoms with Gasteiger partial charge in [0.1, 0.15) is 11.6 Å². The van der Waals surface area contributed by atoms with E-state index in [2.05, 4.69) is 74.1 Å². The fourth-order valence-electron chi connectivity index (χ4n) is 18.0. The summed E-state index contributed by atoms with van der Waals surface area (Å²) in [6.07, 6.45) is 25.4. The predicted molar refractivity (Wildman–Crippen MR) is 267 cm³/mol. The van der Waals surface area contributed by atoms with Crippen molar-refractivity contribution in [3.05, 3.63) is 47.6 Å². The lowest BCUT2D eigenvalue weighted by atomic mass is 9.46. The van der Waals surface area contributed by atoms with Crippen LogP contribution in [0.4, 0.5) is 0 Å². The largest absolute Gasteiger partial charge is 0.349 e. The number of rotatable bonds is 8. The van der Waals surface area contributed by atoms with Crippen molar-refractivity contribution in [3.8, 4) is 0 Å². The molecule has 2 saturated heterocycles. The summed E-state index contributed by atoms with van der Waals surface area (Å²) in [4.78, 5) is 23.2. The van der Waals surface area contributed by atoms with Crippen LogP contribution in [0.1, 0.15) is 192 Å². The van der Waals surface area contributed by atoms with Crippen molar-refractivity contribution < 1.29 is 28.5 Å². The molecule has 8 aliphatic carbocycles. The minimum Gasteiger partial charge on any atom is -0.349 e. The third kappa shape index (κ3) is 8.52. The number of ether oxygens (including phenoxy) is 4. The lowest BCUT2D eigenvalue weighted by molar-refractivity contribution is -0.310. The average Bonchev–Trinajstić information content (AvgIpc) is 3.97. The Morgan fingerprint density at radius 3 is 1.36 bits per heavy atom. The lowest BCUT2D eigenvalue weighted by Crippen LogP contribution is -2.56. The van der Waals surface area contributed by atoms with Gasteiger partial charge in [0.05, 0.1) is 26.4 Å². The van der Waals surface area contributed by atoms with Crippen LogP contribution in [-0.4, -0.2) is 49.6 Å². The standard InChI is InChI=1S/C31H48O3.C28H42O3.CH4/c1-20(8-9-22(3)32)24-10-11-25-27-21(2)16-23-17-31(33-18-28(4,5)19-34-31)15-14-29(23,6)26(27)12-13-30(24,25)7;1-18(6-7-20(3)29)22-8-9-23-25-19(2)16-21-17-28(30-14-15-31-28)13-12-26(21,4)24(25)10-11-27(22,23)5;/h16,20,24-27H,2,8-15,17-19H2,1,3-7H3;16,18,22-25H,2,6-15,17H2,1,3-5H3;1H4/t20-,24-,25+,26+,27+,29+,30-;18-,22-,23+,24+,25+,26+,27-;/m11./s1. The first-order valence-electron chi connectivity index (χ1n) is 26.9. The molecule has 0 aromatic heterocycles. The number of hydrogen-bond acceptors (Lipinski definition) is 6. The molecule has 0 bridgehead atoms. The molecule has 0 aromatic rings. The fraction of sp³-hybridized carbons (Fsp3) is 0.833. The minimum atomic E-state index is -0.415. The van der Waals surface area contributed by atoms with Gasteiger partial charge in [0.15, 0.2) is 11.6 Å². The summed E-state index contributed by atoms with van der Waals surface area (Å²) in [5, 5.41) is 0. The number of hydrogen-bond donors (Lipinski definition) is 0. The molecule has 10 aliphatic rings. The first-order valence-corrected chi connectivity index (χ1v) is 26.9. The van der Waals surface area contributed by atoms with Crippen LogP contribution in [0.5, 0.6) is 0 Å². The molecule has 2 aliphatic heterocycles. The molecule has 0 amide bonds. The zero-order chi connectivity index (χ0) is 46.5. The van der Waals surface area contributed by atoms with Gasteiger partial charge in [0, 0.05) is 43.9 Å². The quantitative estimate of drug-likeness (QED) is 0.242. The monoisotopic (exact) mass is 911 g/mol. The Balaban J connectivity index is 0.000000177. The molecule has 6 heteroatoms. The zero-order valence-corrected chi connectivity index (χ0v) is 42.8. The Kier molecular flexibility index (Phi) is 13.8. The number of carbonyl (C=O) groups excluding carboxylic acids is 2. The summed E-state index contributed by atoms with van der Waals surface area (Å²) >= 11 is 0. The molecule has 14 atom stereocenters. The third-order valence-corrected chi connectivity index (χ3v) is 21.9. The summed E-state index contributed by atoms with van der Waals surface area (Å²) in [6.45, 7) is 35.4. The van der Waals surface area contributed by atoms with E-state index in [1.54, 1.807) is 19.4 Å². The van der Waals surface area contributed by atoms with Crippen LogP contribution in [0.15, 0.2) is 47.6 Å². The molecule has 6 saturated carbocycles. The second-order valence-corrected chi connectivity index (χ2v) is 26.3. The SMILES string of the molecule is C.C=C1C=C2CC3(CC[C@]2(C)[C@H]2CC[C@]4(C)[C@@H]([C@H](C)CCC(C)=O)CC[C@H]4[C@H]12)OCC(C)(C)CO3.C=C1C=C2CC3(CC[C@]2(C)[C@H]2CC[C@]4(C)[C@@H]([C@H](C)CCC(C)=O)CC[C@H]4[C@H]12)OCCO3. The number of ketones is 2. The van der Waals surface area contributed by atoms with Gasteiger partial charge < -0.3 is 28.5 Å². The molecule has 2 spiro atoms. The Bertz CT molecular complexity index is 1940. The molecule has 10 rings (SSSR count). The summed E-state index contributed by atoms with van der Waals surface area (Å²) in [5.41, 5.74) is 7.24. The van der Waals surface area contributed by atoms with Gasteiger partial charge in [-0.3, -0.25) is 0 Å². The zero-order valence-electron chi connectivity index (χ0n) is 42.8. The van der Waals surface area contributed by atoms with Crippen molar-refractivity contribution in [2.24, 2.45) is 86.3 Å². The van der Waals surface area contributed by atoms with E-state index in [1.807, 2.05) is 0 Å². The smallest absolute Gasteiger partial charge is 0.172 e. The molecular formula is C60H94O6. The first-order chi connectivity index (χ1) is 30.6. The highest BCUT2D eigenvalue weighted by Gasteiger charge is 2.63. The van der Waals surface area contributed by atoms with Crippen LogP contribution in [0.3, 0.4) is 0 Å². The van der Waals surface area contributed by atoms with Gasteiger partial charge in [-0.25, -0.2) is 0 Å². The predicted octanol–water partition coefficient (Wildman–Crippen LogP) is 14.6. The van der Waals surface area contributed by atoms with Crippen LogP contribution in [0.25, 0.3) is 0 Å². The van der Waals surface area contributed by atoms with Crippen LogP contribution < -0.4 is 0 Å². The molecule has 0 radical (unpaired) electrons. The van der Waals surface area contributed by atoms with Gasteiger partial charge in [-0.2, -0.15) is 0 Å². The average molecular weight is 911 g/mol. The molecule has 8 fully saturated rings. The van der Waals surface area contributed by atoms with Gasteiger partial charge in [-0.1, -0.05) is 110 Å². The highest BCUT2D eigenvalue weighted by Crippen LogP contribution is 2.71. The molecule has 0 aromatic carbocycles. The lowest BCUT2D eigenvalue weighted by Gasteiger charge is -2.60. The van der Waals surface area contributed by atoms with E-state index in [0.29, 0.717) is 57.9 Å². The Morgan fingerprint density at radius 2 is 0.970 bits per heavy atom. The maximum atomic E-state index is 11.6. The van der Waals surface area contributed by atoms with Crippen LogP contribution in [0, 0.1) is 86.3 Å². The van der Waals surface area contributed by atoms with Crippen molar-refractivity contribution >= 4 is 11.6 Å². The minimum absolute atomic E-state index is 0. The highest BCUT2D eigenvalue weighted by atomic mass is 16.7. The maximum Gasteiger partial charge on any atom is 0.172 e. The molecular weight excluding hydrogens is 817 g/mol. The highest BCUT2D eigenvalue weighted by molar-refractivity contribution is 5.75. The number of allylic oxidation sites excluding steroid dienone is 4. The number of fused-ring (bicyclic) bond motifs is 10. The van der Waals surface area contributed by atoms with Crippen molar-refractivity contribution in [2.45, 2.75) is 204 Å². The molecule has 2 heterocycles. The topological polar surface area (TPSA) is 71.1 Å². The van der Waals surface area contributed by atoms with E-state index in [0.717, 1.165) is 108 Å². The molecule has 66 heavy (non-hydrogen) atoms. The van der Waals surface area contributed by atoms with Gasteiger partial charge >= 0.3 is 0 Å².